The van der Waals surface area contributed by atoms with Crippen molar-refractivity contribution in [2.24, 2.45) is 5.92 Å². The SMILES string of the molecule is Cc1cc(CC(=O)O)cc(C(F)(F)F)c1Oc1ccc2[nH]cc(CC3CCC3)c2c1. The lowest BCUT2D eigenvalue weighted by molar-refractivity contribution is -0.139. The molecule has 2 N–H and O–H groups in total. The zero-order valence-corrected chi connectivity index (χ0v) is 16.5. The van der Waals surface area contributed by atoms with Gasteiger partial charge in [-0.3, -0.25) is 4.79 Å². The fourth-order valence-electron chi connectivity index (χ4n) is 3.99. The number of aryl methyl sites for hydroxylation is 1. The largest absolute Gasteiger partial charge is 0.481 e. The first-order valence-electron chi connectivity index (χ1n) is 9.91. The molecule has 0 bridgehead atoms. The van der Waals surface area contributed by atoms with E-state index in [-0.39, 0.29) is 16.9 Å². The average Bonchev–Trinajstić information content (AvgIpc) is 3.01. The van der Waals surface area contributed by atoms with Gasteiger partial charge in [0.25, 0.3) is 0 Å². The van der Waals surface area contributed by atoms with Crippen LogP contribution in [0.3, 0.4) is 0 Å². The van der Waals surface area contributed by atoms with Crippen LogP contribution in [0.2, 0.25) is 0 Å². The third-order valence-corrected chi connectivity index (χ3v) is 5.69. The lowest BCUT2D eigenvalue weighted by atomic mass is 9.81. The first kappa shape index (κ1) is 20.3. The minimum Gasteiger partial charge on any atom is -0.481 e. The molecule has 1 aromatic heterocycles. The van der Waals surface area contributed by atoms with Crippen LogP contribution >= 0.6 is 0 Å². The van der Waals surface area contributed by atoms with Crippen molar-refractivity contribution < 1.29 is 27.8 Å². The molecule has 1 aliphatic rings. The van der Waals surface area contributed by atoms with Crippen molar-refractivity contribution in [2.75, 3.05) is 0 Å². The van der Waals surface area contributed by atoms with E-state index in [0.717, 1.165) is 29.0 Å². The summed E-state index contributed by atoms with van der Waals surface area (Å²) in [6.45, 7) is 1.49. The van der Waals surface area contributed by atoms with Crippen LogP contribution in [0.25, 0.3) is 10.9 Å². The summed E-state index contributed by atoms with van der Waals surface area (Å²) in [5.74, 6) is -0.508. The molecule has 1 fully saturated rings. The predicted octanol–water partition coefficient (Wildman–Crippen LogP) is 6.26. The number of rotatable bonds is 6. The number of aromatic amines is 1. The minimum atomic E-state index is -4.66. The zero-order valence-electron chi connectivity index (χ0n) is 16.5. The molecule has 0 unspecified atom stereocenters. The average molecular weight is 417 g/mol. The van der Waals surface area contributed by atoms with Crippen LogP contribution in [0, 0.1) is 12.8 Å². The number of H-pyrrole nitrogens is 1. The monoisotopic (exact) mass is 417 g/mol. The number of hydrogen-bond acceptors (Lipinski definition) is 2. The van der Waals surface area contributed by atoms with Gasteiger partial charge in [-0.05, 0) is 60.2 Å². The normalized spacial score (nSPS) is 14.7. The highest BCUT2D eigenvalue weighted by atomic mass is 19.4. The Balaban J connectivity index is 1.69. The number of halogens is 3. The second-order valence-electron chi connectivity index (χ2n) is 7.98. The zero-order chi connectivity index (χ0) is 21.5. The maximum absolute atomic E-state index is 13.7. The molecule has 0 amide bonds. The van der Waals surface area contributed by atoms with Gasteiger partial charge in [0, 0.05) is 17.1 Å². The maximum Gasteiger partial charge on any atom is 0.420 e. The minimum absolute atomic E-state index is 0.0866. The Morgan fingerprint density at radius 2 is 2.00 bits per heavy atom. The predicted molar refractivity (Wildman–Crippen MR) is 107 cm³/mol. The van der Waals surface area contributed by atoms with E-state index < -0.39 is 24.1 Å². The summed E-state index contributed by atoms with van der Waals surface area (Å²) < 4.78 is 46.7. The molecular weight excluding hydrogens is 395 g/mol. The number of nitrogens with one attached hydrogen (secondary N) is 1. The Kier molecular flexibility index (Phi) is 5.22. The number of carbonyl (C=O) groups is 1. The summed E-state index contributed by atoms with van der Waals surface area (Å²) in [6.07, 6.45) is 1.42. The molecule has 0 aliphatic heterocycles. The van der Waals surface area contributed by atoms with Gasteiger partial charge in [0.15, 0.2) is 0 Å². The molecule has 0 atom stereocenters. The van der Waals surface area contributed by atoms with Crippen LogP contribution in [0.4, 0.5) is 13.2 Å². The molecule has 2 aromatic carbocycles. The molecule has 4 rings (SSSR count). The van der Waals surface area contributed by atoms with Gasteiger partial charge >= 0.3 is 12.1 Å². The van der Waals surface area contributed by atoms with Gasteiger partial charge < -0.3 is 14.8 Å². The quantitative estimate of drug-likeness (QED) is 0.498. The van der Waals surface area contributed by atoms with E-state index >= 15 is 0 Å². The molecule has 1 saturated carbocycles. The van der Waals surface area contributed by atoms with Crippen molar-refractivity contribution in [2.45, 2.75) is 45.2 Å². The summed E-state index contributed by atoms with van der Waals surface area (Å²) in [4.78, 5) is 14.1. The Labute approximate surface area is 171 Å². The van der Waals surface area contributed by atoms with Crippen LogP contribution in [-0.2, 0) is 23.8 Å². The number of hydrogen-bond donors (Lipinski definition) is 2. The number of carboxylic acids is 1. The van der Waals surface area contributed by atoms with E-state index in [2.05, 4.69) is 4.98 Å². The van der Waals surface area contributed by atoms with Crippen LogP contribution in [0.1, 0.15) is 41.5 Å². The number of benzene rings is 2. The summed E-state index contributed by atoms with van der Waals surface area (Å²) in [6, 6.07) is 7.49. The lowest BCUT2D eigenvalue weighted by Gasteiger charge is -2.24. The van der Waals surface area contributed by atoms with E-state index in [1.54, 1.807) is 18.2 Å². The van der Waals surface area contributed by atoms with Crippen molar-refractivity contribution in [3.63, 3.8) is 0 Å². The number of aliphatic carboxylic acids is 1. The molecule has 1 aliphatic carbocycles. The summed E-state index contributed by atoms with van der Waals surface area (Å²) in [7, 11) is 0. The Hall–Kier alpha value is -2.96. The molecule has 30 heavy (non-hydrogen) atoms. The highest BCUT2D eigenvalue weighted by Crippen LogP contribution is 2.42. The Bertz CT molecular complexity index is 1100. The first-order valence-corrected chi connectivity index (χ1v) is 9.91. The van der Waals surface area contributed by atoms with Gasteiger partial charge in [-0.2, -0.15) is 13.2 Å². The van der Waals surface area contributed by atoms with Gasteiger partial charge in [-0.25, -0.2) is 0 Å². The highest BCUT2D eigenvalue weighted by molar-refractivity contribution is 5.84. The Morgan fingerprint density at radius 1 is 1.23 bits per heavy atom. The molecule has 158 valence electrons. The lowest BCUT2D eigenvalue weighted by Crippen LogP contribution is -2.13. The fourth-order valence-corrected chi connectivity index (χ4v) is 3.99. The number of ether oxygens (including phenoxy) is 1. The van der Waals surface area contributed by atoms with Crippen molar-refractivity contribution in [1.82, 2.24) is 4.98 Å². The van der Waals surface area contributed by atoms with Gasteiger partial charge in [0.2, 0.25) is 0 Å². The van der Waals surface area contributed by atoms with Crippen molar-refractivity contribution >= 4 is 16.9 Å². The second-order valence-corrected chi connectivity index (χ2v) is 7.98. The van der Waals surface area contributed by atoms with Crippen LogP contribution in [0.5, 0.6) is 11.5 Å². The molecule has 0 radical (unpaired) electrons. The van der Waals surface area contributed by atoms with Gasteiger partial charge in [-0.1, -0.05) is 25.3 Å². The molecule has 0 saturated heterocycles. The molecule has 1 heterocycles. The number of alkyl halides is 3. The smallest absolute Gasteiger partial charge is 0.420 e. The summed E-state index contributed by atoms with van der Waals surface area (Å²) in [5.41, 5.74) is 1.42. The number of aromatic nitrogens is 1. The van der Waals surface area contributed by atoms with Gasteiger partial charge in [-0.15, -0.1) is 0 Å². The van der Waals surface area contributed by atoms with E-state index in [0.29, 0.717) is 11.7 Å². The topological polar surface area (TPSA) is 62.3 Å². The van der Waals surface area contributed by atoms with Crippen LogP contribution in [0.15, 0.2) is 36.5 Å². The first-order chi connectivity index (χ1) is 14.2. The maximum atomic E-state index is 13.7. The summed E-state index contributed by atoms with van der Waals surface area (Å²) >= 11 is 0. The number of fused-ring (bicyclic) bond motifs is 1. The molecule has 4 nitrogen and oxygen atoms in total. The van der Waals surface area contributed by atoms with Gasteiger partial charge in [0.1, 0.15) is 11.5 Å². The molecular formula is C23H22F3NO3. The third-order valence-electron chi connectivity index (χ3n) is 5.69. The van der Waals surface area contributed by atoms with E-state index in [1.807, 2.05) is 6.20 Å². The van der Waals surface area contributed by atoms with Crippen molar-refractivity contribution in [3.05, 3.63) is 58.8 Å². The molecule has 3 aromatic rings. The molecule has 7 heteroatoms. The van der Waals surface area contributed by atoms with Crippen molar-refractivity contribution in [1.29, 1.82) is 0 Å². The molecule has 0 spiro atoms. The van der Waals surface area contributed by atoms with E-state index in [4.69, 9.17) is 9.84 Å². The highest BCUT2D eigenvalue weighted by Gasteiger charge is 2.36. The van der Waals surface area contributed by atoms with Crippen LogP contribution < -0.4 is 4.74 Å². The summed E-state index contributed by atoms with van der Waals surface area (Å²) in [5, 5.41) is 9.88. The van der Waals surface area contributed by atoms with Crippen LogP contribution in [-0.4, -0.2) is 16.1 Å². The van der Waals surface area contributed by atoms with E-state index in [1.165, 1.54) is 32.3 Å². The second kappa shape index (κ2) is 7.70. The van der Waals surface area contributed by atoms with Gasteiger partial charge in [0.05, 0.1) is 12.0 Å². The third kappa shape index (κ3) is 4.15. The van der Waals surface area contributed by atoms with Crippen molar-refractivity contribution in [3.8, 4) is 11.5 Å². The Morgan fingerprint density at radius 3 is 2.63 bits per heavy atom. The van der Waals surface area contributed by atoms with E-state index in [9.17, 15) is 18.0 Å². The number of carboxylic acid groups (broad SMARTS) is 1. The standard InChI is InChI=1S/C23H22F3NO3/c1-13-7-15(10-21(28)29)9-19(23(24,25)26)22(13)30-17-5-6-20-18(11-17)16(12-27-20)8-14-3-2-4-14/h5-7,9,11-12,14,27H,2-4,8,10H2,1H3,(H,28,29). The fraction of sp³-hybridized carbons (Fsp3) is 0.348.